The largest absolute Gasteiger partial charge is 0.368 e. The molecule has 1 aliphatic heterocycles. The smallest absolute Gasteiger partial charge is 0.318 e. The molecule has 15 heavy (non-hydrogen) atoms. The van der Waals surface area contributed by atoms with Crippen molar-refractivity contribution in [1.82, 2.24) is 10.2 Å². The average molecular weight is 214 g/mol. The molecule has 0 aromatic rings. The fraction of sp³-hybridized carbons (Fsp3) is 0.778. The van der Waals surface area contributed by atoms with Gasteiger partial charge in [0.05, 0.1) is 6.54 Å². The quantitative estimate of drug-likeness (QED) is 0.561. The van der Waals surface area contributed by atoms with Crippen molar-refractivity contribution >= 4 is 11.9 Å². The van der Waals surface area contributed by atoms with E-state index in [-0.39, 0.29) is 18.6 Å². The van der Waals surface area contributed by atoms with E-state index < -0.39 is 5.91 Å². The number of hydrogen-bond donors (Lipinski definition) is 3. The van der Waals surface area contributed by atoms with Crippen LogP contribution >= 0.6 is 0 Å². The van der Waals surface area contributed by atoms with E-state index in [0.29, 0.717) is 13.1 Å². The second kappa shape index (κ2) is 5.55. The first-order valence-corrected chi connectivity index (χ1v) is 5.18. The van der Waals surface area contributed by atoms with Crippen LogP contribution in [0.15, 0.2) is 0 Å². The fourth-order valence-electron chi connectivity index (χ4n) is 1.78. The summed E-state index contributed by atoms with van der Waals surface area (Å²) in [6.45, 7) is 1.04. The molecule has 0 bridgehead atoms. The lowest BCUT2D eigenvalue weighted by atomic mass is 10.0. The van der Waals surface area contributed by atoms with Crippen LogP contribution in [-0.4, -0.2) is 42.5 Å². The van der Waals surface area contributed by atoms with Crippen LogP contribution in [0.25, 0.3) is 0 Å². The van der Waals surface area contributed by atoms with Gasteiger partial charge in [0.25, 0.3) is 0 Å². The highest BCUT2D eigenvalue weighted by atomic mass is 16.2. The summed E-state index contributed by atoms with van der Waals surface area (Å²) < 4.78 is 0. The standard InChI is InChI=1S/C9H18N4O2/c10-5-7-3-1-2-4-13(7)9(15)12-6-8(11)14/h7H,1-6,10H2,(H2,11,14)(H,12,15). The van der Waals surface area contributed by atoms with E-state index >= 15 is 0 Å². The van der Waals surface area contributed by atoms with Crippen molar-refractivity contribution < 1.29 is 9.59 Å². The Hall–Kier alpha value is -1.30. The minimum absolute atomic E-state index is 0.0895. The molecule has 1 fully saturated rings. The number of amides is 3. The van der Waals surface area contributed by atoms with Crippen molar-refractivity contribution in [3.63, 3.8) is 0 Å². The lowest BCUT2D eigenvalue weighted by molar-refractivity contribution is -0.117. The van der Waals surface area contributed by atoms with Crippen LogP contribution in [-0.2, 0) is 4.79 Å². The molecule has 1 heterocycles. The number of likely N-dealkylation sites (tertiary alicyclic amines) is 1. The van der Waals surface area contributed by atoms with Crippen molar-refractivity contribution in [3.05, 3.63) is 0 Å². The first-order valence-electron chi connectivity index (χ1n) is 5.18. The monoisotopic (exact) mass is 214 g/mol. The Morgan fingerprint density at radius 1 is 1.40 bits per heavy atom. The van der Waals surface area contributed by atoms with Crippen LogP contribution in [0, 0.1) is 0 Å². The molecule has 0 saturated carbocycles. The molecular weight excluding hydrogens is 196 g/mol. The van der Waals surface area contributed by atoms with Gasteiger partial charge in [0, 0.05) is 19.1 Å². The van der Waals surface area contributed by atoms with Crippen molar-refractivity contribution in [2.75, 3.05) is 19.6 Å². The summed E-state index contributed by atoms with van der Waals surface area (Å²) in [6.07, 6.45) is 3.02. The van der Waals surface area contributed by atoms with E-state index in [4.69, 9.17) is 11.5 Å². The summed E-state index contributed by atoms with van der Waals surface area (Å²) in [5.41, 5.74) is 10.5. The van der Waals surface area contributed by atoms with Crippen LogP contribution in [0.5, 0.6) is 0 Å². The number of rotatable bonds is 3. The average Bonchev–Trinajstić information content (AvgIpc) is 2.25. The topological polar surface area (TPSA) is 101 Å². The molecule has 5 N–H and O–H groups in total. The molecule has 0 aliphatic carbocycles. The van der Waals surface area contributed by atoms with E-state index in [1.54, 1.807) is 4.90 Å². The molecule has 86 valence electrons. The Kier molecular flexibility index (Phi) is 4.36. The van der Waals surface area contributed by atoms with Gasteiger partial charge in [0.2, 0.25) is 5.91 Å². The predicted octanol–water partition coefficient (Wildman–Crippen LogP) is -1.01. The van der Waals surface area contributed by atoms with E-state index in [9.17, 15) is 9.59 Å². The van der Waals surface area contributed by atoms with Crippen molar-refractivity contribution in [2.24, 2.45) is 11.5 Å². The molecule has 1 unspecified atom stereocenters. The number of primary amides is 1. The zero-order valence-corrected chi connectivity index (χ0v) is 8.74. The molecule has 1 atom stereocenters. The second-order valence-corrected chi connectivity index (χ2v) is 3.70. The number of nitrogens with one attached hydrogen (secondary N) is 1. The first kappa shape index (κ1) is 11.8. The van der Waals surface area contributed by atoms with Crippen LogP contribution in [0.4, 0.5) is 4.79 Å². The molecular formula is C9H18N4O2. The lowest BCUT2D eigenvalue weighted by Gasteiger charge is -2.34. The Labute approximate surface area is 89.0 Å². The molecule has 0 aromatic carbocycles. The lowest BCUT2D eigenvalue weighted by Crippen LogP contribution is -2.52. The Bertz CT molecular complexity index is 244. The summed E-state index contributed by atoms with van der Waals surface area (Å²) >= 11 is 0. The van der Waals surface area contributed by atoms with E-state index in [1.165, 1.54) is 0 Å². The molecule has 0 aromatic heterocycles. The minimum atomic E-state index is -0.537. The normalized spacial score (nSPS) is 21.1. The number of carbonyl (C=O) groups excluding carboxylic acids is 2. The van der Waals surface area contributed by atoms with Gasteiger partial charge in [0.1, 0.15) is 0 Å². The SMILES string of the molecule is NCC1CCCCN1C(=O)NCC(N)=O. The van der Waals surface area contributed by atoms with Gasteiger partial charge in [-0.05, 0) is 19.3 Å². The Balaban J connectivity index is 2.44. The molecule has 1 saturated heterocycles. The summed E-state index contributed by atoms with van der Waals surface area (Å²) in [5.74, 6) is -0.537. The Morgan fingerprint density at radius 3 is 2.73 bits per heavy atom. The summed E-state index contributed by atoms with van der Waals surface area (Å²) in [7, 11) is 0. The molecule has 3 amide bonds. The summed E-state index contributed by atoms with van der Waals surface area (Å²) in [5, 5.41) is 2.47. The number of nitrogens with zero attached hydrogens (tertiary/aromatic N) is 1. The zero-order chi connectivity index (χ0) is 11.3. The number of hydrogen-bond acceptors (Lipinski definition) is 3. The fourth-order valence-corrected chi connectivity index (χ4v) is 1.78. The maximum atomic E-state index is 11.6. The predicted molar refractivity (Wildman–Crippen MR) is 56.0 cm³/mol. The van der Waals surface area contributed by atoms with Crippen LogP contribution in [0.2, 0.25) is 0 Å². The number of carbonyl (C=O) groups is 2. The molecule has 6 nitrogen and oxygen atoms in total. The molecule has 6 heteroatoms. The molecule has 1 rings (SSSR count). The van der Waals surface area contributed by atoms with Gasteiger partial charge in [-0.25, -0.2) is 4.79 Å². The van der Waals surface area contributed by atoms with Gasteiger partial charge in [-0.3, -0.25) is 4.79 Å². The minimum Gasteiger partial charge on any atom is -0.368 e. The Morgan fingerprint density at radius 2 is 2.13 bits per heavy atom. The van der Waals surface area contributed by atoms with Crippen LogP contribution < -0.4 is 16.8 Å². The molecule has 0 radical (unpaired) electrons. The van der Waals surface area contributed by atoms with Crippen LogP contribution in [0.3, 0.4) is 0 Å². The third kappa shape index (κ3) is 3.39. The summed E-state index contributed by atoms with van der Waals surface area (Å²) in [4.78, 5) is 23.8. The van der Waals surface area contributed by atoms with Gasteiger partial charge >= 0.3 is 6.03 Å². The summed E-state index contributed by atoms with van der Waals surface area (Å²) in [6, 6.07) is -0.157. The molecule has 1 aliphatic rings. The number of nitrogens with two attached hydrogens (primary N) is 2. The van der Waals surface area contributed by atoms with Gasteiger partial charge in [-0.1, -0.05) is 0 Å². The highest BCUT2D eigenvalue weighted by molar-refractivity contribution is 5.83. The van der Waals surface area contributed by atoms with E-state index in [0.717, 1.165) is 19.3 Å². The molecule has 0 spiro atoms. The third-order valence-electron chi connectivity index (χ3n) is 2.57. The third-order valence-corrected chi connectivity index (χ3v) is 2.57. The highest BCUT2D eigenvalue weighted by Crippen LogP contribution is 2.15. The second-order valence-electron chi connectivity index (χ2n) is 3.70. The number of piperidine rings is 1. The van der Waals surface area contributed by atoms with Gasteiger partial charge < -0.3 is 21.7 Å². The van der Waals surface area contributed by atoms with E-state index in [1.807, 2.05) is 0 Å². The first-order chi connectivity index (χ1) is 7.15. The van der Waals surface area contributed by atoms with Gasteiger partial charge in [-0.15, -0.1) is 0 Å². The van der Waals surface area contributed by atoms with E-state index in [2.05, 4.69) is 5.32 Å². The number of urea groups is 1. The van der Waals surface area contributed by atoms with Crippen molar-refractivity contribution in [1.29, 1.82) is 0 Å². The highest BCUT2D eigenvalue weighted by Gasteiger charge is 2.25. The van der Waals surface area contributed by atoms with Gasteiger partial charge in [-0.2, -0.15) is 0 Å². The van der Waals surface area contributed by atoms with Crippen LogP contribution in [0.1, 0.15) is 19.3 Å². The maximum Gasteiger partial charge on any atom is 0.318 e. The van der Waals surface area contributed by atoms with Crippen molar-refractivity contribution in [2.45, 2.75) is 25.3 Å². The van der Waals surface area contributed by atoms with Crippen molar-refractivity contribution in [3.8, 4) is 0 Å². The maximum absolute atomic E-state index is 11.6. The zero-order valence-electron chi connectivity index (χ0n) is 8.74. The van der Waals surface area contributed by atoms with Gasteiger partial charge in [0.15, 0.2) is 0 Å².